The molecule has 20 heavy (non-hydrogen) atoms. The Morgan fingerprint density at radius 2 is 1.65 bits per heavy atom. The van der Waals surface area contributed by atoms with Crippen LogP contribution in [0.4, 0.5) is 0 Å². The highest BCUT2D eigenvalue weighted by Crippen LogP contribution is 2.70. The molecule has 1 fully saturated rings. The maximum Gasteiger partial charge on any atom is 0.103 e. The van der Waals surface area contributed by atoms with Crippen molar-refractivity contribution in [3.8, 4) is 0 Å². The Balaban J connectivity index is 2.01. The van der Waals surface area contributed by atoms with Gasteiger partial charge in [0.25, 0.3) is 0 Å². The van der Waals surface area contributed by atoms with Gasteiger partial charge in [-0.05, 0) is 48.9 Å². The zero-order valence-electron chi connectivity index (χ0n) is 12.1. The van der Waals surface area contributed by atoms with Crippen molar-refractivity contribution in [1.29, 1.82) is 0 Å². The summed E-state index contributed by atoms with van der Waals surface area (Å²) in [4.78, 5) is 7.91. The van der Waals surface area contributed by atoms with E-state index in [9.17, 15) is 0 Å². The molecule has 0 spiro atoms. The molecule has 4 heteroatoms. The Hall–Kier alpha value is -0.990. The van der Waals surface area contributed by atoms with E-state index in [2.05, 4.69) is 30.7 Å². The molecule has 1 aliphatic rings. The molecule has 106 valence electrons. The molecule has 0 saturated heterocycles. The van der Waals surface area contributed by atoms with Crippen molar-refractivity contribution in [2.24, 2.45) is 5.41 Å². The minimum absolute atomic E-state index is 0.192. The molecular formula is C16H18Cl2N2. The standard InChI is InChI=1S/C16H18Cl2N2/c1-8-15(20-9(2)19-8)14-13(16(14,3)4)10-5-11(17)7-12(18)6-10/h5-7,13-14H,1-4H3,(H,19,20)/t13-,14+/m1/s1. The molecule has 0 unspecified atom stereocenters. The molecule has 0 amide bonds. The number of aromatic nitrogens is 2. The number of H-pyrrole nitrogens is 1. The molecule has 0 aliphatic heterocycles. The third kappa shape index (κ3) is 2.15. The van der Waals surface area contributed by atoms with Crippen LogP contribution in [0.1, 0.15) is 48.5 Å². The lowest BCUT2D eigenvalue weighted by Gasteiger charge is -2.04. The van der Waals surface area contributed by atoms with E-state index in [0.29, 0.717) is 21.9 Å². The van der Waals surface area contributed by atoms with Crippen molar-refractivity contribution in [3.05, 3.63) is 51.0 Å². The average molecular weight is 309 g/mol. The van der Waals surface area contributed by atoms with Crippen LogP contribution in [0.25, 0.3) is 0 Å². The van der Waals surface area contributed by atoms with Crippen LogP contribution >= 0.6 is 23.2 Å². The minimum atomic E-state index is 0.192. The van der Waals surface area contributed by atoms with Crippen LogP contribution < -0.4 is 0 Å². The summed E-state index contributed by atoms with van der Waals surface area (Å²) in [6, 6.07) is 5.83. The first kappa shape index (κ1) is 14.0. The largest absolute Gasteiger partial charge is 0.346 e. The van der Waals surface area contributed by atoms with E-state index in [-0.39, 0.29) is 5.41 Å². The first-order valence-corrected chi connectivity index (χ1v) is 7.55. The predicted octanol–water partition coefficient (Wildman–Crippen LogP) is 5.24. The fourth-order valence-electron chi connectivity index (χ4n) is 3.48. The lowest BCUT2D eigenvalue weighted by atomic mass is 10.0. The van der Waals surface area contributed by atoms with Gasteiger partial charge in [0.05, 0.1) is 5.69 Å². The molecular weight excluding hydrogens is 291 g/mol. The highest BCUT2D eigenvalue weighted by molar-refractivity contribution is 6.34. The van der Waals surface area contributed by atoms with Crippen LogP contribution in [0, 0.1) is 19.3 Å². The quantitative estimate of drug-likeness (QED) is 0.807. The Labute approximate surface area is 129 Å². The second-order valence-corrected chi connectivity index (χ2v) is 7.17. The summed E-state index contributed by atoms with van der Waals surface area (Å²) in [5.41, 5.74) is 3.74. The maximum absolute atomic E-state index is 6.14. The SMILES string of the molecule is Cc1nc(C)c([C@@H]2[C@@H](c3cc(Cl)cc(Cl)c3)C2(C)C)[nH]1. The summed E-state index contributed by atoms with van der Waals surface area (Å²) in [5.74, 6) is 1.85. The average Bonchev–Trinajstić information content (AvgIpc) is 2.70. The topological polar surface area (TPSA) is 28.7 Å². The summed E-state index contributed by atoms with van der Waals surface area (Å²) >= 11 is 12.3. The van der Waals surface area contributed by atoms with Gasteiger partial charge in [-0.15, -0.1) is 0 Å². The number of aryl methyl sites for hydroxylation is 2. The van der Waals surface area contributed by atoms with Crippen molar-refractivity contribution in [1.82, 2.24) is 9.97 Å². The summed E-state index contributed by atoms with van der Waals surface area (Å²) < 4.78 is 0. The summed E-state index contributed by atoms with van der Waals surface area (Å²) in [7, 11) is 0. The number of aromatic amines is 1. The highest BCUT2D eigenvalue weighted by atomic mass is 35.5. The molecule has 2 nitrogen and oxygen atoms in total. The number of nitrogens with one attached hydrogen (secondary N) is 1. The van der Waals surface area contributed by atoms with Crippen LogP contribution in [0.15, 0.2) is 18.2 Å². The van der Waals surface area contributed by atoms with E-state index in [1.165, 1.54) is 11.3 Å². The molecule has 2 aromatic rings. The number of benzene rings is 1. The second-order valence-electron chi connectivity index (χ2n) is 6.30. The van der Waals surface area contributed by atoms with Gasteiger partial charge in [0.15, 0.2) is 0 Å². The minimum Gasteiger partial charge on any atom is -0.346 e. The Morgan fingerprint density at radius 3 is 2.15 bits per heavy atom. The van der Waals surface area contributed by atoms with Crippen molar-refractivity contribution in [3.63, 3.8) is 0 Å². The first-order chi connectivity index (χ1) is 9.30. The zero-order chi connectivity index (χ0) is 14.7. The third-order valence-electron chi connectivity index (χ3n) is 4.42. The summed E-state index contributed by atoms with van der Waals surface area (Å²) in [5, 5.41) is 1.40. The Morgan fingerprint density at radius 1 is 1.05 bits per heavy atom. The number of hydrogen-bond donors (Lipinski definition) is 1. The third-order valence-corrected chi connectivity index (χ3v) is 4.86. The molecule has 1 aromatic carbocycles. The number of imidazole rings is 1. The van der Waals surface area contributed by atoms with Crippen molar-refractivity contribution in [2.75, 3.05) is 0 Å². The molecule has 1 N–H and O–H groups in total. The van der Waals surface area contributed by atoms with Crippen LogP contribution in [0.5, 0.6) is 0 Å². The van der Waals surface area contributed by atoms with E-state index in [4.69, 9.17) is 23.2 Å². The van der Waals surface area contributed by atoms with Crippen molar-refractivity contribution in [2.45, 2.75) is 39.5 Å². The van der Waals surface area contributed by atoms with E-state index in [1.54, 1.807) is 6.07 Å². The van der Waals surface area contributed by atoms with Crippen LogP contribution in [0.3, 0.4) is 0 Å². The van der Waals surface area contributed by atoms with Crippen molar-refractivity contribution < 1.29 is 0 Å². The fourth-order valence-corrected chi connectivity index (χ4v) is 4.02. The molecule has 2 atom stereocenters. The molecule has 1 heterocycles. The summed E-state index contributed by atoms with van der Waals surface area (Å²) in [6.07, 6.45) is 0. The lowest BCUT2D eigenvalue weighted by Crippen LogP contribution is -1.92. The molecule has 0 radical (unpaired) electrons. The van der Waals surface area contributed by atoms with Crippen LogP contribution in [0.2, 0.25) is 10.0 Å². The number of rotatable bonds is 2. The van der Waals surface area contributed by atoms with Gasteiger partial charge >= 0.3 is 0 Å². The van der Waals surface area contributed by atoms with Gasteiger partial charge in [-0.1, -0.05) is 37.0 Å². The smallest absolute Gasteiger partial charge is 0.103 e. The van der Waals surface area contributed by atoms with Crippen molar-refractivity contribution >= 4 is 23.2 Å². The predicted molar refractivity (Wildman–Crippen MR) is 83.8 cm³/mol. The van der Waals surface area contributed by atoms with E-state index in [1.807, 2.05) is 19.1 Å². The van der Waals surface area contributed by atoms with Crippen LogP contribution in [-0.4, -0.2) is 9.97 Å². The van der Waals surface area contributed by atoms with E-state index in [0.717, 1.165) is 11.5 Å². The fraction of sp³-hybridized carbons (Fsp3) is 0.438. The van der Waals surface area contributed by atoms with Gasteiger partial charge in [-0.3, -0.25) is 0 Å². The second kappa shape index (κ2) is 4.51. The van der Waals surface area contributed by atoms with Gasteiger partial charge in [-0.2, -0.15) is 0 Å². The normalized spacial score (nSPS) is 23.9. The lowest BCUT2D eigenvalue weighted by molar-refractivity contribution is 0.597. The van der Waals surface area contributed by atoms with Gasteiger partial charge in [0.1, 0.15) is 5.82 Å². The molecule has 1 aliphatic carbocycles. The van der Waals surface area contributed by atoms with E-state index >= 15 is 0 Å². The zero-order valence-corrected chi connectivity index (χ0v) is 13.6. The van der Waals surface area contributed by atoms with Gasteiger partial charge in [0, 0.05) is 21.7 Å². The Bertz CT molecular complexity index is 653. The molecule has 0 bridgehead atoms. The van der Waals surface area contributed by atoms with Gasteiger partial charge in [0.2, 0.25) is 0 Å². The van der Waals surface area contributed by atoms with Crippen LogP contribution in [-0.2, 0) is 0 Å². The van der Waals surface area contributed by atoms with E-state index < -0.39 is 0 Å². The molecule has 1 aromatic heterocycles. The first-order valence-electron chi connectivity index (χ1n) is 6.80. The highest BCUT2D eigenvalue weighted by Gasteiger charge is 2.60. The number of nitrogens with zero attached hydrogens (tertiary/aromatic N) is 1. The number of halogens is 2. The van der Waals surface area contributed by atoms with Gasteiger partial charge in [-0.25, -0.2) is 4.98 Å². The molecule has 3 rings (SSSR count). The Kier molecular flexibility index (Phi) is 3.15. The summed E-state index contributed by atoms with van der Waals surface area (Å²) in [6.45, 7) is 8.63. The molecule has 1 saturated carbocycles. The van der Waals surface area contributed by atoms with Gasteiger partial charge < -0.3 is 4.98 Å². The number of hydrogen-bond acceptors (Lipinski definition) is 1. The maximum atomic E-state index is 6.14. The monoisotopic (exact) mass is 308 g/mol.